The summed E-state index contributed by atoms with van der Waals surface area (Å²) in [6.45, 7) is 0. The van der Waals surface area contributed by atoms with Gasteiger partial charge in [0.15, 0.2) is 0 Å². The van der Waals surface area contributed by atoms with Crippen molar-refractivity contribution in [2.24, 2.45) is 0 Å². The maximum absolute atomic E-state index is 6.50. The summed E-state index contributed by atoms with van der Waals surface area (Å²) >= 11 is 0. The minimum atomic E-state index is 0.879. The molecule has 0 fully saturated rings. The van der Waals surface area contributed by atoms with Crippen LogP contribution in [0, 0.1) is 0 Å². The van der Waals surface area contributed by atoms with E-state index in [0.717, 1.165) is 55.3 Å². The number of furan rings is 1. The molecule has 0 atom stereocenters. The van der Waals surface area contributed by atoms with Crippen molar-refractivity contribution in [1.82, 2.24) is 14.1 Å². The number of pyridine rings is 1. The first-order valence-corrected chi connectivity index (χ1v) is 16.6. The van der Waals surface area contributed by atoms with Crippen LogP contribution in [0.3, 0.4) is 0 Å². The smallest absolute Gasteiger partial charge is 0.137 e. The van der Waals surface area contributed by atoms with Crippen LogP contribution in [-0.4, -0.2) is 14.1 Å². The third-order valence-corrected chi connectivity index (χ3v) is 10.2. The fourth-order valence-corrected chi connectivity index (χ4v) is 8.05. The van der Waals surface area contributed by atoms with Crippen molar-refractivity contribution in [3.63, 3.8) is 0 Å². The van der Waals surface area contributed by atoms with Gasteiger partial charge in [-0.2, -0.15) is 0 Å². The number of nitrogens with zero attached hydrogens (tertiary/aromatic N) is 3. The van der Waals surface area contributed by atoms with Gasteiger partial charge in [0.1, 0.15) is 11.2 Å². The Morgan fingerprint density at radius 2 is 1.04 bits per heavy atom. The zero-order chi connectivity index (χ0) is 32.1. The molecule has 0 aliphatic rings. The van der Waals surface area contributed by atoms with Crippen LogP contribution in [0.4, 0.5) is 0 Å². The average Bonchev–Trinajstić information content (AvgIpc) is 3.81. The number of hydrogen-bond donors (Lipinski definition) is 0. The summed E-state index contributed by atoms with van der Waals surface area (Å²) in [6, 6.07) is 54.5. The third-order valence-electron chi connectivity index (χ3n) is 10.2. The quantitative estimate of drug-likeness (QED) is 0.196. The van der Waals surface area contributed by atoms with Gasteiger partial charge in [-0.3, -0.25) is 4.98 Å². The molecule has 0 amide bonds. The fraction of sp³-hybridized carbons (Fsp3) is 0. The van der Waals surface area contributed by atoms with E-state index >= 15 is 0 Å². The number of benzene rings is 7. The van der Waals surface area contributed by atoms with Gasteiger partial charge in [0.25, 0.3) is 0 Å². The van der Waals surface area contributed by atoms with E-state index in [1.165, 1.54) is 43.5 Å². The average molecular weight is 626 g/mol. The molecule has 4 heteroatoms. The van der Waals surface area contributed by atoms with Gasteiger partial charge >= 0.3 is 0 Å². The lowest BCUT2D eigenvalue weighted by atomic mass is 9.98. The van der Waals surface area contributed by atoms with Crippen LogP contribution in [0.5, 0.6) is 0 Å². The highest BCUT2D eigenvalue weighted by Crippen LogP contribution is 2.43. The molecule has 11 aromatic rings. The highest BCUT2D eigenvalue weighted by atomic mass is 16.3. The molecule has 0 saturated carbocycles. The van der Waals surface area contributed by atoms with E-state index in [9.17, 15) is 0 Å². The Morgan fingerprint density at radius 3 is 1.80 bits per heavy atom. The van der Waals surface area contributed by atoms with Gasteiger partial charge in [-0.25, -0.2) is 0 Å². The molecule has 7 aromatic carbocycles. The predicted octanol–water partition coefficient (Wildman–Crippen LogP) is 12.0. The first kappa shape index (κ1) is 26.4. The van der Waals surface area contributed by atoms with Gasteiger partial charge in [-0.1, -0.05) is 91.0 Å². The molecular weight excluding hydrogens is 599 g/mol. The molecule has 228 valence electrons. The Hall–Kier alpha value is -6.65. The lowest BCUT2D eigenvalue weighted by molar-refractivity contribution is 0.668. The molecule has 0 aliphatic heterocycles. The van der Waals surface area contributed by atoms with Gasteiger partial charge in [-0.15, -0.1) is 0 Å². The van der Waals surface area contributed by atoms with Crippen LogP contribution in [0.15, 0.2) is 168 Å². The highest BCUT2D eigenvalue weighted by Gasteiger charge is 2.21. The van der Waals surface area contributed by atoms with Crippen molar-refractivity contribution in [2.75, 3.05) is 0 Å². The summed E-state index contributed by atoms with van der Waals surface area (Å²) in [5.41, 5.74) is 11.0. The zero-order valence-electron chi connectivity index (χ0n) is 26.3. The van der Waals surface area contributed by atoms with Crippen LogP contribution in [0.25, 0.3) is 98.8 Å². The summed E-state index contributed by atoms with van der Waals surface area (Å²) < 4.78 is 11.3. The Kier molecular flexibility index (Phi) is 5.35. The highest BCUT2D eigenvalue weighted by molar-refractivity contribution is 6.14. The molecule has 4 aromatic heterocycles. The summed E-state index contributed by atoms with van der Waals surface area (Å²) in [5, 5.41) is 9.42. The molecule has 0 unspecified atom stereocenters. The van der Waals surface area contributed by atoms with Crippen molar-refractivity contribution >= 4 is 76.3 Å². The first-order chi connectivity index (χ1) is 24.3. The largest absolute Gasteiger partial charge is 0.456 e. The molecular formula is C45H27N3O. The summed E-state index contributed by atoms with van der Waals surface area (Å²) in [5.74, 6) is 0. The normalized spacial score (nSPS) is 12.1. The zero-order valence-corrected chi connectivity index (χ0v) is 26.3. The second-order valence-corrected chi connectivity index (χ2v) is 12.8. The molecule has 0 saturated heterocycles. The fourth-order valence-electron chi connectivity index (χ4n) is 8.05. The van der Waals surface area contributed by atoms with Crippen LogP contribution in [-0.2, 0) is 0 Å². The van der Waals surface area contributed by atoms with E-state index in [1.54, 1.807) is 0 Å². The number of para-hydroxylation sites is 4. The Bertz CT molecular complexity index is 3060. The van der Waals surface area contributed by atoms with Crippen molar-refractivity contribution in [2.45, 2.75) is 0 Å². The lowest BCUT2D eigenvalue weighted by Gasteiger charge is -2.15. The van der Waals surface area contributed by atoms with E-state index < -0.39 is 0 Å². The van der Waals surface area contributed by atoms with Crippen LogP contribution < -0.4 is 0 Å². The SMILES string of the molecule is c1cc(-n2c3ccccc3c3cc(-c4cc5c(cc4-n4c6ccccc6c6ccccc64)oc4ccccc45)ccc32)c2cnccc2c1. The number of fused-ring (bicyclic) bond motifs is 10. The monoisotopic (exact) mass is 625 g/mol. The molecule has 0 N–H and O–H groups in total. The van der Waals surface area contributed by atoms with E-state index in [1.807, 2.05) is 18.5 Å². The molecule has 0 radical (unpaired) electrons. The Balaban J connectivity index is 1.25. The molecule has 0 aliphatic carbocycles. The number of rotatable bonds is 3. The van der Waals surface area contributed by atoms with E-state index in [0.29, 0.717) is 0 Å². The second-order valence-electron chi connectivity index (χ2n) is 12.8. The summed E-state index contributed by atoms with van der Waals surface area (Å²) in [7, 11) is 0. The van der Waals surface area contributed by atoms with Crippen molar-refractivity contribution in [3.8, 4) is 22.5 Å². The third kappa shape index (κ3) is 3.71. The first-order valence-electron chi connectivity index (χ1n) is 16.6. The Morgan fingerprint density at radius 1 is 0.408 bits per heavy atom. The lowest BCUT2D eigenvalue weighted by Crippen LogP contribution is -1.98. The molecule has 11 rings (SSSR count). The minimum Gasteiger partial charge on any atom is -0.456 e. The molecule has 4 heterocycles. The van der Waals surface area contributed by atoms with Crippen LogP contribution >= 0.6 is 0 Å². The van der Waals surface area contributed by atoms with Gasteiger partial charge in [0.05, 0.1) is 33.4 Å². The molecule has 4 nitrogen and oxygen atoms in total. The van der Waals surface area contributed by atoms with E-state index in [4.69, 9.17) is 4.42 Å². The summed E-state index contributed by atoms with van der Waals surface area (Å²) in [4.78, 5) is 4.49. The topological polar surface area (TPSA) is 35.9 Å². The van der Waals surface area contributed by atoms with E-state index in [-0.39, 0.29) is 0 Å². The molecule has 49 heavy (non-hydrogen) atoms. The summed E-state index contributed by atoms with van der Waals surface area (Å²) in [6.07, 6.45) is 3.83. The Labute approximate surface area is 280 Å². The molecule has 0 spiro atoms. The molecule has 0 bridgehead atoms. The predicted molar refractivity (Wildman–Crippen MR) is 203 cm³/mol. The second kappa shape index (κ2) is 9.93. The van der Waals surface area contributed by atoms with Gasteiger partial charge in [0.2, 0.25) is 0 Å². The maximum Gasteiger partial charge on any atom is 0.137 e. The minimum absolute atomic E-state index is 0.879. The van der Waals surface area contributed by atoms with Crippen LogP contribution in [0.2, 0.25) is 0 Å². The maximum atomic E-state index is 6.50. The van der Waals surface area contributed by atoms with E-state index in [2.05, 4.69) is 160 Å². The van der Waals surface area contributed by atoms with Crippen molar-refractivity contribution in [1.29, 1.82) is 0 Å². The number of hydrogen-bond acceptors (Lipinski definition) is 2. The number of aromatic nitrogens is 3. The van der Waals surface area contributed by atoms with Crippen molar-refractivity contribution < 1.29 is 4.42 Å². The van der Waals surface area contributed by atoms with Gasteiger partial charge in [-0.05, 0) is 65.5 Å². The van der Waals surface area contributed by atoms with Gasteiger partial charge in [0, 0.05) is 61.7 Å². The van der Waals surface area contributed by atoms with Crippen molar-refractivity contribution in [3.05, 3.63) is 164 Å². The van der Waals surface area contributed by atoms with Gasteiger partial charge < -0.3 is 13.6 Å². The van der Waals surface area contributed by atoms with Crippen LogP contribution in [0.1, 0.15) is 0 Å². The standard InChI is InChI=1S/C45H27N3O/c1-5-15-38-30(11-1)31-12-2-6-16-39(31)48(38)43-26-45-36(33-14-4-8-19-44(33)49-45)25-34(43)29-20-21-42-35(24-29)32-13-3-7-17-40(32)47(42)41-18-9-10-28-22-23-46-27-37(28)41/h1-27H.